The van der Waals surface area contributed by atoms with E-state index in [1.54, 1.807) is 11.8 Å². The zero-order chi connectivity index (χ0) is 17.5. The summed E-state index contributed by atoms with van der Waals surface area (Å²) in [5, 5.41) is 1.50. The SMILES string of the molecule is CCCS(=O)(=O)ON1c2cc(C)cc(C)c2Sc2cccc(C)c21. The summed E-state index contributed by atoms with van der Waals surface area (Å²) in [6.45, 7) is 7.84. The van der Waals surface area contributed by atoms with Crippen molar-refractivity contribution in [1.82, 2.24) is 0 Å². The van der Waals surface area contributed by atoms with Crippen molar-refractivity contribution in [2.45, 2.75) is 43.9 Å². The summed E-state index contributed by atoms with van der Waals surface area (Å²) in [7, 11) is -3.64. The van der Waals surface area contributed by atoms with Gasteiger partial charge >= 0.3 is 0 Å². The molecule has 1 heterocycles. The third-order valence-corrected chi connectivity index (χ3v) is 6.45. The number of rotatable bonds is 4. The topological polar surface area (TPSA) is 46.6 Å². The highest BCUT2D eigenvalue weighted by Gasteiger charge is 2.30. The van der Waals surface area contributed by atoms with E-state index in [0.717, 1.165) is 37.9 Å². The second-order valence-corrected chi connectivity index (χ2v) is 8.81. The van der Waals surface area contributed by atoms with Crippen molar-refractivity contribution >= 4 is 33.3 Å². The van der Waals surface area contributed by atoms with Crippen LogP contribution in [0.2, 0.25) is 0 Å². The van der Waals surface area contributed by atoms with Crippen LogP contribution < -0.4 is 5.06 Å². The summed E-state index contributed by atoms with van der Waals surface area (Å²) in [5.41, 5.74) is 4.77. The molecule has 1 aliphatic heterocycles. The van der Waals surface area contributed by atoms with Crippen LogP contribution in [-0.2, 0) is 14.4 Å². The summed E-state index contributed by atoms with van der Waals surface area (Å²) in [6, 6.07) is 10.0. The summed E-state index contributed by atoms with van der Waals surface area (Å²) in [4.78, 5) is 2.03. The lowest BCUT2D eigenvalue weighted by atomic mass is 10.1. The average molecular weight is 364 g/mol. The maximum atomic E-state index is 12.3. The lowest BCUT2D eigenvalue weighted by Crippen LogP contribution is -2.27. The fraction of sp³-hybridized carbons (Fsp3) is 0.333. The molecule has 0 fully saturated rings. The Bertz CT molecular complexity index is 891. The Morgan fingerprint density at radius 1 is 1.12 bits per heavy atom. The largest absolute Gasteiger partial charge is 0.288 e. The number of benzene rings is 2. The quantitative estimate of drug-likeness (QED) is 0.774. The van der Waals surface area contributed by atoms with E-state index in [1.165, 1.54) is 5.06 Å². The minimum absolute atomic E-state index is 0.00200. The molecule has 0 unspecified atom stereocenters. The molecule has 6 heteroatoms. The number of hydrogen-bond donors (Lipinski definition) is 0. The van der Waals surface area contributed by atoms with Crippen LogP contribution in [0.15, 0.2) is 40.1 Å². The highest BCUT2D eigenvalue weighted by Crippen LogP contribution is 2.51. The fourth-order valence-corrected chi connectivity index (χ4v) is 5.03. The van der Waals surface area contributed by atoms with Crippen LogP contribution >= 0.6 is 11.8 Å². The Balaban J connectivity index is 2.20. The van der Waals surface area contributed by atoms with E-state index >= 15 is 0 Å². The Kier molecular flexibility index (Phi) is 4.64. The van der Waals surface area contributed by atoms with Crippen LogP contribution in [0.1, 0.15) is 30.0 Å². The van der Waals surface area contributed by atoms with Gasteiger partial charge < -0.3 is 0 Å². The van der Waals surface area contributed by atoms with E-state index < -0.39 is 10.1 Å². The average Bonchev–Trinajstić information content (AvgIpc) is 2.48. The predicted molar refractivity (Wildman–Crippen MR) is 98.5 cm³/mol. The van der Waals surface area contributed by atoms with Crippen molar-refractivity contribution in [3.05, 3.63) is 47.0 Å². The van der Waals surface area contributed by atoms with Crippen molar-refractivity contribution in [2.75, 3.05) is 10.8 Å². The number of aryl methyl sites for hydroxylation is 3. The first kappa shape index (κ1) is 17.3. The second kappa shape index (κ2) is 6.43. The first-order chi connectivity index (χ1) is 11.3. The molecule has 0 bridgehead atoms. The lowest BCUT2D eigenvalue weighted by Gasteiger charge is -2.33. The first-order valence-corrected chi connectivity index (χ1v) is 10.3. The van der Waals surface area contributed by atoms with Gasteiger partial charge in [0, 0.05) is 9.79 Å². The highest BCUT2D eigenvalue weighted by atomic mass is 32.2. The van der Waals surface area contributed by atoms with Crippen molar-refractivity contribution in [3.63, 3.8) is 0 Å². The molecule has 0 aromatic heterocycles. The maximum Gasteiger partial charge on any atom is 0.288 e. The summed E-state index contributed by atoms with van der Waals surface area (Å²) < 4.78 is 30.2. The number of anilines is 2. The van der Waals surface area contributed by atoms with Gasteiger partial charge in [-0.25, -0.2) is 5.06 Å². The molecule has 24 heavy (non-hydrogen) atoms. The van der Waals surface area contributed by atoms with Crippen molar-refractivity contribution in [1.29, 1.82) is 0 Å². The molecule has 0 atom stereocenters. The van der Waals surface area contributed by atoms with Gasteiger partial charge in [0.2, 0.25) is 0 Å². The zero-order valence-electron chi connectivity index (χ0n) is 14.3. The smallest absolute Gasteiger partial charge is 0.202 e. The molecule has 0 saturated heterocycles. The Hall–Kier alpha value is -1.50. The van der Waals surface area contributed by atoms with E-state index in [1.807, 2.05) is 52.0 Å². The minimum Gasteiger partial charge on any atom is -0.202 e. The van der Waals surface area contributed by atoms with Crippen LogP contribution in [0.3, 0.4) is 0 Å². The maximum absolute atomic E-state index is 12.3. The Labute approximate surface area is 147 Å². The second-order valence-electron chi connectivity index (χ2n) is 6.08. The molecule has 4 nitrogen and oxygen atoms in total. The van der Waals surface area contributed by atoms with E-state index in [-0.39, 0.29) is 5.75 Å². The molecule has 0 spiro atoms. The molecule has 0 N–H and O–H groups in total. The van der Waals surface area contributed by atoms with Crippen LogP contribution in [0.4, 0.5) is 11.4 Å². The Morgan fingerprint density at radius 3 is 2.58 bits per heavy atom. The zero-order valence-corrected chi connectivity index (χ0v) is 15.9. The summed E-state index contributed by atoms with van der Waals surface area (Å²) in [6.07, 6.45) is 0.519. The van der Waals surface area contributed by atoms with Gasteiger partial charge in [-0.3, -0.25) is 0 Å². The van der Waals surface area contributed by atoms with Gasteiger partial charge in [-0.15, -0.1) is 4.28 Å². The van der Waals surface area contributed by atoms with E-state index in [0.29, 0.717) is 6.42 Å². The van der Waals surface area contributed by atoms with Gasteiger partial charge in [-0.1, -0.05) is 36.9 Å². The predicted octanol–water partition coefficient (Wildman–Crippen LogP) is 4.89. The van der Waals surface area contributed by atoms with Gasteiger partial charge in [0.1, 0.15) is 0 Å². The summed E-state index contributed by atoms with van der Waals surface area (Å²) in [5.74, 6) is -0.00200. The third kappa shape index (κ3) is 3.18. The highest BCUT2D eigenvalue weighted by molar-refractivity contribution is 7.99. The summed E-state index contributed by atoms with van der Waals surface area (Å²) >= 11 is 1.66. The molecule has 0 aliphatic carbocycles. The Morgan fingerprint density at radius 2 is 1.88 bits per heavy atom. The fourth-order valence-electron chi connectivity index (χ4n) is 2.90. The van der Waals surface area contributed by atoms with Gasteiger partial charge in [0.05, 0.1) is 17.1 Å². The first-order valence-electron chi connectivity index (χ1n) is 7.93. The molecule has 2 aromatic rings. The normalized spacial score (nSPS) is 13.6. The van der Waals surface area contributed by atoms with Crippen molar-refractivity contribution < 1.29 is 12.7 Å². The number of hydrogen-bond acceptors (Lipinski definition) is 5. The van der Waals surface area contributed by atoms with Crippen LogP contribution in [0.25, 0.3) is 0 Å². The van der Waals surface area contributed by atoms with Crippen molar-refractivity contribution in [2.24, 2.45) is 0 Å². The molecule has 0 saturated carbocycles. The minimum atomic E-state index is -3.64. The molecule has 1 aliphatic rings. The molecular formula is C18H21NO3S2. The van der Waals surface area contributed by atoms with Gasteiger partial charge in [0.25, 0.3) is 10.1 Å². The van der Waals surface area contributed by atoms with E-state index in [2.05, 4.69) is 6.07 Å². The molecular weight excluding hydrogens is 342 g/mol. The van der Waals surface area contributed by atoms with Gasteiger partial charge in [-0.2, -0.15) is 8.42 Å². The molecule has 3 rings (SSSR count). The standard InChI is InChI=1S/C18H21NO3S2/c1-5-9-24(20,21)22-19-15-11-12(2)10-14(4)18(15)23-16-8-6-7-13(3)17(16)19/h6-8,10-11H,5,9H2,1-4H3. The molecule has 0 radical (unpaired) electrons. The molecule has 0 amide bonds. The van der Waals surface area contributed by atoms with Crippen LogP contribution in [-0.4, -0.2) is 14.2 Å². The lowest BCUT2D eigenvalue weighted by molar-refractivity contribution is 0.319. The van der Waals surface area contributed by atoms with E-state index in [9.17, 15) is 8.42 Å². The van der Waals surface area contributed by atoms with E-state index in [4.69, 9.17) is 4.28 Å². The van der Waals surface area contributed by atoms with Crippen molar-refractivity contribution in [3.8, 4) is 0 Å². The number of nitrogens with zero attached hydrogens (tertiary/aromatic N) is 1. The van der Waals surface area contributed by atoms with Crippen LogP contribution in [0, 0.1) is 20.8 Å². The third-order valence-electron chi connectivity index (χ3n) is 3.88. The monoisotopic (exact) mass is 363 g/mol. The van der Waals surface area contributed by atoms with Gasteiger partial charge in [0.15, 0.2) is 0 Å². The van der Waals surface area contributed by atoms with Crippen LogP contribution in [0.5, 0.6) is 0 Å². The molecule has 128 valence electrons. The van der Waals surface area contributed by atoms with Gasteiger partial charge in [-0.05, 0) is 56.0 Å². The molecule has 2 aromatic carbocycles. The number of fused-ring (bicyclic) bond motifs is 2. The number of para-hydroxylation sites is 1.